The van der Waals surface area contributed by atoms with Crippen LogP contribution >= 0.6 is 22.7 Å². The molecule has 1 aromatic carbocycles. The van der Waals surface area contributed by atoms with Crippen LogP contribution in [0.4, 0.5) is 5.69 Å². The standard InChI is InChI=1S/C22H16N4OS2/c1-14-20(29-22(23-14)16-9-11-28-13-16)21(27)24-17-7-5-15(6-8-17)18-12-26-10-3-2-4-19(26)25-18/h2-13H,1H3,(H,24,27). The van der Waals surface area contributed by atoms with Gasteiger partial charge in [0, 0.05) is 34.6 Å². The summed E-state index contributed by atoms with van der Waals surface area (Å²) in [6, 6.07) is 15.7. The van der Waals surface area contributed by atoms with E-state index in [0.717, 1.165) is 38.9 Å². The fraction of sp³-hybridized carbons (Fsp3) is 0.0455. The number of rotatable bonds is 4. The second kappa shape index (κ2) is 7.27. The molecule has 1 N–H and O–H groups in total. The number of imidazole rings is 1. The van der Waals surface area contributed by atoms with Gasteiger partial charge in [0.1, 0.15) is 15.5 Å². The van der Waals surface area contributed by atoms with Crippen molar-refractivity contribution in [2.24, 2.45) is 0 Å². The Kier molecular flexibility index (Phi) is 4.46. The molecule has 0 aliphatic rings. The number of carbonyl (C=O) groups is 1. The minimum Gasteiger partial charge on any atom is -0.321 e. The second-order valence-electron chi connectivity index (χ2n) is 6.57. The molecule has 4 aromatic heterocycles. The topological polar surface area (TPSA) is 59.3 Å². The van der Waals surface area contributed by atoms with Crippen molar-refractivity contribution < 1.29 is 4.79 Å². The van der Waals surface area contributed by atoms with E-state index in [1.165, 1.54) is 11.3 Å². The first kappa shape index (κ1) is 17.8. The van der Waals surface area contributed by atoms with Crippen LogP contribution in [-0.4, -0.2) is 20.3 Å². The lowest BCUT2D eigenvalue weighted by Crippen LogP contribution is -2.11. The average molecular weight is 417 g/mol. The third-order valence-corrected chi connectivity index (χ3v) is 6.46. The zero-order valence-electron chi connectivity index (χ0n) is 15.5. The van der Waals surface area contributed by atoms with Crippen LogP contribution in [0.3, 0.4) is 0 Å². The van der Waals surface area contributed by atoms with Crippen LogP contribution in [-0.2, 0) is 0 Å². The summed E-state index contributed by atoms with van der Waals surface area (Å²) in [5.41, 5.74) is 5.34. The monoisotopic (exact) mass is 416 g/mol. The number of carbonyl (C=O) groups excluding carboxylic acids is 1. The normalized spacial score (nSPS) is 11.1. The zero-order valence-corrected chi connectivity index (χ0v) is 17.1. The van der Waals surface area contributed by atoms with Gasteiger partial charge in [-0.15, -0.1) is 11.3 Å². The highest BCUT2D eigenvalue weighted by molar-refractivity contribution is 7.17. The van der Waals surface area contributed by atoms with E-state index in [4.69, 9.17) is 0 Å². The van der Waals surface area contributed by atoms with Crippen molar-refractivity contribution in [3.05, 3.63) is 82.3 Å². The van der Waals surface area contributed by atoms with Gasteiger partial charge in [0.05, 0.1) is 11.4 Å². The summed E-state index contributed by atoms with van der Waals surface area (Å²) in [5.74, 6) is -0.137. The van der Waals surface area contributed by atoms with Crippen molar-refractivity contribution in [3.8, 4) is 21.8 Å². The molecular formula is C22H16N4OS2. The summed E-state index contributed by atoms with van der Waals surface area (Å²) < 4.78 is 1.99. The molecule has 0 radical (unpaired) electrons. The number of hydrogen-bond acceptors (Lipinski definition) is 5. The number of hydrogen-bond donors (Lipinski definition) is 1. The van der Waals surface area contributed by atoms with Gasteiger partial charge in [0.15, 0.2) is 0 Å². The average Bonchev–Trinajstić information content (AvgIpc) is 3.47. The Morgan fingerprint density at radius 2 is 1.90 bits per heavy atom. The van der Waals surface area contributed by atoms with E-state index in [1.807, 2.05) is 83.0 Å². The van der Waals surface area contributed by atoms with Gasteiger partial charge in [0.25, 0.3) is 5.91 Å². The Labute approximate surface area is 175 Å². The summed E-state index contributed by atoms with van der Waals surface area (Å²) in [5, 5.41) is 7.89. The van der Waals surface area contributed by atoms with Gasteiger partial charge in [-0.1, -0.05) is 18.2 Å². The molecule has 0 aliphatic carbocycles. The van der Waals surface area contributed by atoms with E-state index in [0.29, 0.717) is 4.88 Å². The SMILES string of the molecule is Cc1nc(-c2ccsc2)sc1C(=O)Nc1ccc(-c2cn3ccccc3n2)cc1. The number of nitrogens with zero attached hydrogens (tertiary/aromatic N) is 3. The summed E-state index contributed by atoms with van der Waals surface area (Å²) in [7, 11) is 0. The molecular weight excluding hydrogens is 400 g/mol. The number of aryl methyl sites for hydroxylation is 1. The molecule has 5 nitrogen and oxygen atoms in total. The minimum atomic E-state index is -0.137. The largest absolute Gasteiger partial charge is 0.321 e. The maximum atomic E-state index is 12.7. The Morgan fingerprint density at radius 3 is 2.66 bits per heavy atom. The first-order valence-electron chi connectivity index (χ1n) is 9.03. The highest BCUT2D eigenvalue weighted by Crippen LogP contribution is 2.30. The number of anilines is 1. The molecule has 142 valence electrons. The number of fused-ring (bicyclic) bond motifs is 1. The molecule has 0 atom stereocenters. The molecule has 0 unspecified atom stereocenters. The highest BCUT2D eigenvalue weighted by atomic mass is 32.1. The third-order valence-electron chi connectivity index (χ3n) is 4.57. The van der Waals surface area contributed by atoms with Gasteiger partial charge in [0.2, 0.25) is 0 Å². The maximum Gasteiger partial charge on any atom is 0.267 e. The van der Waals surface area contributed by atoms with E-state index >= 15 is 0 Å². The van der Waals surface area contributed by atoms with E-state index in [1.54, 1.807) is 11.3 Å². The van der Waals surface area contributed by atoms with E-state index in [2.05, 4.69) is 15.3 Å². The van der Waals surface area contributed by atoms with Gasteiger partial charge in [-0.25, -0.2) is 9.97 Å². The number of benzene rings is 1. The van der Waals surface area contributed by atoms with E-state index in [-0.39, 0.29) is 5.91 Å². The Bertz CT molecular complexity index is 1270. The molecule has 7 heteroatoms. The van der Waals surface area contributed by atoms with E-state index < -0.39 is 0 Å². The fourth-order valence-electron chi connectivity index (χ4n) is 3.10. The molecule has 4 heterocycles. The van der Waals surface area contributed by atoms with Crippen LogP contribution in [0.1, 0.15) is 15.4 Å². The maximum absolute atomic E-state index is 12.7. The quantitative estimate of drug-likeness (QED) is 0.406. The number of pyridine rings is 1. The van der Waals surface area contributed by atoms with Gasteiger partial charge in [-0.3, -0.25) is 4.79 Å². The Morgan fingerprint density at radius 1 is 1.03 bits per heavy atom. The van der Waals surface area contributed by atoms with Crippen molar-refractivity contribution in [3.63, 3.8) is 0 Å². The molecule has 1 amide bonds. The molecule has 5 aromatic rings. The number of thiazole rings is 1. The number of nitrogens with one attached hydrogen (secondary N) is 1. The second-order valence-corrected chi connectivity index (χ2v) is 8.35. The van der Waals surface area contributed by atoms with Crippen molar-refractivity contribution >= 4 is 39.9 Å². The summed E-state index contributed by atoms with van der Waals surface area (Å²) in [6.07, 6.45) is 3.97. The molecule has 0 fully saturated rings. The molecule has 0 saturated carbocycles. The van der Waals surface area contributed by atoms with Crippen LogP contribution in [0.5, 0.6) is 0 Å². The molecule has 0 bridgehead atoms. The van der Waals surface area contributed by atoms with Gasteiger partial charge >= 0.3 is 0 Å². The Balaban J connectivity index is 1.35. The van der Waals surface area contributed by atoms with Crippen LogP contribution in [0.25, 0.3) is 27.5 Å². The van der Waals surface area contributed by atoms with Crippen LogP contribution in [0.2, 0.25) is 0 Å². The van der Waals surface area contributed by atoms with Crippen molar-refractivity contribution in [2.75, 3.05) is 5.32 Å². The third kappa shape index (κ3) is 3.46. The number of thiophene rings is 1. The smallest absolute Gasteiger partial charge is 0.267 e. The lowest BCUT2D eigenvalue weighted by Gasteiger charge is -2.05. The number of amides is 1. The van der Waals surface area contributed by atoms with Crippen molar-refractivity contribution in [1.82, 2.24) is 14.4 Å². The van der Waals surface area contributed by atoms with Crippen molar-refractivity contribution in [2.45, 2.75) is 6.92 Å². The Hall–Kier alpha value is -3.29. The van der Waals surface area contributed by atoms with Gasteiger partial charge in [-0.05, 0) is 42.6 Å². The minimum absolute atomic E-state index is 0.137. The van der Waals surface area contributed by atoms with E-state index in [9.17, 15) is 4.79 Å². The van der Waals surface area contributed by atoms with Crippen LogP contribution < -0.4 is 5.32 Å². The summed E-state index contributed by atoms with van der Waals surface area (Å²) >= 11 is 3.04. The highest BCUT2D eigenvalue weighted by Gasteiger charge is 2.16. The lowest BCUT2D eigenvalue weighted by atomic mass is 10.1. The predicted molar refractivity (Wildman–Crippen MR) is 119 cm³/mol. The fourth-order valence-corrected chi connectivity index (χ4v) is 4.78. The van der Waals surface area contributed by atoms with Crippen LogP contribution in [0, 0.1) is 6.92 Å². The van der Waals surface area contributed by atoms with Gasteiger partial charge in [-0.2, -0.15) is 11.3 Å². The molecule has 5 rings (SSSR count). The van der Waals surface area contributed by atoms with Crippen molar-refractivity contribution in [1.29, 1.82) is 0 Å². The first-order chi connectivity index (χ1) is 14.2. The zero-order chi connectivity index (χ0) is 19.8. The molecule has 0 aliphatic heterocycles. The molecule has 0 spiro atoms. The lowest BCUT2D eigenvalue weighted by molar-refractivity contribution is 0.103. The predicted octanol–water partition coefficient (Wildman–Crippen LogP) is 5.75. The number of aromatic nitrogens is 3. The first-order valence-corrected chi connectivity index (χ1v) is 10.8. The summed E-state index contributed by atoms with van der Waals surface area (Å²) in [4.78, 5) is 22.5. The van der Waals surface area contributed by atoms with Crippen LogP contribution in [0.15, 0.2) is 71.7 Å². The summed E-state index contributed by atoms with van der Waals surface area (Å²) in [6.45, 7) is 1.87. The van der Waals surface area contributed by atoms with Gasteiger partial charge < -0.3 is 9.72 Å². The molecule has 29 heavy (non-hydrogen) atoms. The molecule has 0 saturated heterocycles.